The quantitative estimate of drug-likeness (QED) is 0.775. The minimum atomic E-state index is -1.05. The molecule has 0 aromatic rings. The van der Waals surface area contributed by atoms with E-state index in [2.05, 4.69) is 5.32 Å². The van der Waals surface area contributed by atoms with Gasteiger partial charge in [0.05, 0.1) is 0 Å². The van der Waals surface area contributed by atoms with E-state index < -0.39 is 11.9 Å². The van der Waals surface area contributed by atoms with Gasteiger partial charge >= 0.3 is 0 Å². The van der Waals surface area contributed by atoms with Crippen molar-refractivity contribution in [2.45, 2.75) is 64.8 Å². The van der Waals surface area contributed by atoms with E-state index in [-0.39, 0.29) is 18.2 Å². The fraction of sp³-hybridized carbons (Fsp3) is 0.857. The van der Waals surface area contributed by atoms with Gasteiger partial charge in [0.15, 0.2) is 0 Å². The summed E-state index contributed by atoms with van der Waals surface area (Å²) in [6, 6.07) is 0.298. The summed E-state index contributed by atoms with van der Waals surface area (Å²) in [5.74, 6) is -1.58. The van der Waals surface area contributed by atoms with Crippen molar-refractivity contribution in [3.63, 3.8) is 0 Å². The Bertz CT molecular complexity index is 283. The smallest absolute Gasteiger partial charge is 0.220 e. The van der Waals surface area contributed by atoms with E-state index >= 15 is 0 Å². The first-order chi connectivity index (χ1) is 8.50. The molecule has 1 amide bonds. The van der Waals surface area contributed by atoms with Crippen molar-refractivity contribution in [1.29, 1.82) is 0 Å². The second kappa shape index (κ2) is 7.39. The van der Waals surface area contributed by atoms with Gasteiger partial charge in [-0.1, -0.05) is 33.1 Å². The summed E-state index contributed by atoms with van der Waals surface area (Å²) in [5.41, 5.74) is 0. The lowest BCUT2D eigenvalue weighted by Gasteiger charge is -2.24. The summed E-state index contributed by atoms with van der Waals surface area (Å²) in [6.07, 6.45) is 6.38. The summed E-state index contributed by atoms with van der Waals surface area (Å²) in [6.45, 7) is 3.69. The van der Waals surface area contributed by atoms with Gasteiger partial charge in [-0.2, -0.15) is 0 Å². The van der Waals surface area contributed by atoms with Crippen molar-refractivity contribution < 1.29 is 14.7 Å². The molecule has 0 radical (unpaired) electrons. The van der Waals surface area contributed by atoms with Crippen molar-refractivity contribution >= 4 is 11.9 Å². The zero-order valence-electron chi connectivity index (χ0n) is 11.4. The second-order valence-electron chi connectivity index (χ2n) is 5.61. The van der Waals surface area contributed by atoms with Crippen molar-refractivity contribution in [2.24, 2.45) is 11.8 Å². The Balaban J connectivity index is 2.28. The van der Waals surface area contributed by atoms with Crippen LogP contribution < -0.4 is 10.4 Å². The molecule has 18 heavy (non-hydrogen) atoms. The number of rotatable bonds is 6. The highest BCUT2D eigenvalue weighted by Crippen LogP contribution is 2.19. The predicted octanol–water partition coefficient (Wildman–Crippen LogP) is 1.24. The van der Waals surface area contributed by atoms with Gasteiger partial charge in [-0.3, -0.25) is 4.79 Å². The molecule has 0 spiro atoms. The second-order valence-corrected chi connectivity index (χ2v) is 5.61. The van der Waals surface area contributed by atoms with Crippen molar-refractivity contribution in [1.82, 2.24) is 5.32 Å². The third-order valence-corrected chi connectivity index (χ3v) is 3.76. The van der Waals surface area contributed by atoms with Gasteiger partial charge < -0.3 is 15.2 Å². The molecule has 4 nitrogen and oxygen atoms in total. The third-order valence-electron chi connectivity index (χ3n) is 3.76. The number of aliphatic carboxylic acids is 1. The van der Waals surface area contributed by atoms with E-state index in [0.29, 0.717) is 12.5 Å². The SMILES string of the molecule is CC(C)[C@H](CCC(=O)NC1CCCCC1)C(=O)[O-]. The van der Waals surface area contributed by atoms with Gasteiger partial charge in [-0.15, -0.1) is 0 Å². The predicted molar refractivity (Wildman–Crippen MR) is 67.6 cm³/mol. The van der Waals surface area contributed by atoms with Crippen LogP contribution in [-0.4, -0.2) is 17.9 Å². The standard InChI is InChI=1S/C14H25NO3/c1-10(2)12(14(17)18)8-9-13(16)15-11-6-4-3-5-7-11/h10-12H,3-9H2,1-2H3,(H,15,16)(H,17,18)/p-1/t12-/m0/s1. The number of carbonyl (C=O) groups excluding carboxylic acids is 2. The number of hydrogen-bond donors (Lipinski definition) is 1. The molecule has 1 aliphatic carbocycles. The van der Waals surface area contributed by atoms with Crippen LogP contribution in [0, 0.1) is 11.8 Å². The molecule has 0 unspecified atom stereocenters. The molecule has 1 atom stereocenters. The zero-order valence-corrected chi connectivity index (χ0v) is 11.4. The normalized spacial score (nSPS) is 18.6. The van der Waals surface area contributed by atoms with Gasteiger partial charge in [0.2, 0.25) is 5.91 Å². The third kappa shape index (κ3) is 5.07. The average molecular weight is 254 g/mol. The molecule has 4 heteroatoms. The average Bonchev–Trinajstić information content (AvgIpc) is 2.29. The van der Waals surface area contributed by atoms with Gasteiger partial charge in [-0.25, -0.2) is 0 Å². The van der Waals surface area contributed by atoms with Crippen LogP contribution in [-0.2, 0) is 9.59 Å². The molecule has 1 fully saturated rings. The highest BCUT2D eigenvalue weighted by molar-refractivity contribution is 5.77. The van der Waals surface area contributed by atoms with E-state index in [0.717, 1.165) is 12.8 Å². The summed E-state index contributed by atoms with van der Waals surface area (Å²) in [5, 5.41) is 13.9. The molecule has 0 saturated heterocycles. The van der Waals surface area contributed by atoms with E-state index in [1.807, 2.05) is 13.8 Å². The van der Waals surface area contributed by atoms with Gasteiger partial charge in [0.25, 0.3) is 0 Å². The highest BCUT2D eigenvalue weighted by Gasteiger charge is 2.19. The number of carbonyl (C=O) groups is 2. The van der Waals surface area contributed by atoms with E-state index in [9.17, 15) is 14.7 Å². The van der Waals surface area contributed by atoms with Crippen LogP contribution in [0.1, 0.15) is 58.8 Å². The summed E-state index contributed by atoms with van der Waals surface area (Å²) in [7, 11) is 0. The maximum atomic E-state index is 11.7. The maximum absolute atomic E-state index is 11.7. The molecule has 1 aliphatic rings. The molecule has 1 saturated carbocycles. The first kappa shape index (κ1) is 15.0. The topological polar surface area (TPSA) is 69.2 Å². The van der Waals surface area contributed by atoms with E-state index in [4.69, 9.17) is 0 Å². The van der Waals surface area contributed by atoms with E-state index in [1.54, 1.807) is 0 Å². The molecule has 0 aliphatic heterocycles. The van der Waals surface area contributed by atoms with Crippen molar-refractivity contribution in [3.8, 4) is 0 Å². The lowest BCUT2D eigenvalue weighted by atomic mass is 9.91. The zero-order chi connectivity index (χ0) is 13.5. The molecule has 104 valence electrons. The molecular weight excluding hydrogens is 230 g/mol. The van der Waals surface area contributed by atoms with Gasteiger partial charge in [0.1, 0.15) is 0 Å². The molecule has 1 rings (SSSR count). The summed E-state index contributed by atoms with van der Waals surface area (Å²) in [4.78, 5) is 22.6. The first-order valence-corrected chi connectivity index (χ1v) is 7.01. The lowest BCUT2D eigenvalue weighted by molar-refractivity contribution is -0.313. The molecule has 0 bridgehead atoms. The minimum absolute atomic E-state index is 0.0116. The Morgan fingerprint density at radius 1 is 1.22 bits per heavy atom. The fourth-order valence-corrected chi connectivity index (χ4v) is 2.56. The maximum Gasteiger partial charge on any atom is 0.220 e. The Hall–Kier alpha value is -1.06. The van der Waals surface area contributed by atoms with Crippen LogP contribution in [0.4, 0.5) is 0 Å². The Labute approximate surface area is 109 Å². The Kier molecular flexibility index (Phi) is 6.16. The molecule has 0 heterocycles. The number of nitrogens with one attached hydrogen (secondary N) is 1. The Morgan fingerprint density at radius 3 is 2.33 bits per heavy atom. The number of amides is 1. The number of carboxylic acids is 1. The number of hydrogen-bond acceptors (Lipinski definition) is 3. The van der Waals surface area contributed by atoms with E-state index in [1.165, 1.54) is 19.3 Å². The molecule has 0 aromatic carbocycles. The van der Waals surface area contributed by atoms with Gasteiger partial charge in [-0.05, 0) is 25.2 Å². The number of carboxylic acid groups (broad SMARTS) is 1. The van der Waals surface area contributed by atoms with Crippen molar-refractivity contribution in [2.75, 3.05) is 0 Å². The lowest BCUT2D eigenvalue weighted by Crippen LogP contribution is -2.38. The fourth-order valence-electron chi connectivity index (χ4n) is 2.56. The van der Waals surface area contributed by atoms with Crippen LogP contribution >= 0.6 is 0 Å². The Morgan fingerprint density at radius 2 is 1.83 bits per heavy atom. The monoisotopic (exact) mass is 254 g/mol. The van der Waals surface area contributed by atoms with Crippen LogP contribution in [0.3, 0.4) is 0 Å². The first-order valence-electron chi connectivity index (χ1n) is 7.01. The molecule has 1 N–H and O–H groups in total. The molecular formula is C14H24NO3-. The highest BCUT2D eigenvalue weighted by atomic mass is 16.4. The van der Waals surface area contributed by atoms with Crippen molar-refractivity contribution in [3.05, 3.63) is 0 Å². The summed E-state index contributed by atoms with van der Waals surface area (Å²) < 4.78 is 0. The van der Waals surface area contributed by atoms with Crippen LogP contribution in [0.2, 0.25) is 0 Å². The van der Waals surface area contributed by atoms with Crippen LogP contribution in [0.15, 0.2) is 0 Å². The van der Waals surface area contributed by atoms with Gasteiger partial charge in [0, 0.05) is 24.3 Å². The minimum Gasteiger partial charge on any atom is -0.550 e. The molecule has 0 aromatic heterocycles. The van der Waals surface area contributed by atoms with Crippen LogP contribution in [0.25, 0.3) is 0 Å². The largest absolute Gasteiger partial charge is 0.550 e. The van der Waals surface area contributed by atoms with Crippen LogP contribution in [0.5, 0.6) is 0 Å². The summed E-state index contributed by atoms with van der Waals surface area (Å²) >= 11 is 0.